The molecule has 1 fully saturated rings. The van der Waals surface area contributed by atoms with Crippen molar-refractivity contribution in [2.24, 2.45) is 5.73 Å². The summed E-state index contributed by atoms with van der Waals surface area (Å²) >= 11 is 6.39. The highest BCUT2D eigenvalue weighted by Crippen LogP contribution is 2.38. The maximum absolute atomic E-state index is 6.39. The molecule has 0 spiro atoms. The predicted octanol–water partition coefficient (Wildman–Crippen LogP) is 3.22. The topological polar surface area (TPSA) is 38.5 Å². The minimum atomic E-state index is 0.149. The van der Waals surface area contributed by atoms with Gasteiger partial charge in [0.25, 0.3) is 0 Å². The molecule has 2 N–H and O–H groups in total. The van der Waals surface area contributed by atoms with Gasteiger partial charge >= 0.3 is 0 Å². The molecule has 0 aliphatic carbocycles. The molecule has 2 rings (SSSR count). The summed E-state index contributed by atoms with van der Waals surface area (Å²) in [6.07, 6.45) is 3.64. The van der Waals surface area contributed by atoms with Crippen molar-refractivity contribution in [3.63, 3.8) is 0 Å². The van der Waals surface area contributed by atoms with E-state index in [0.717, 1.165) is 29.3 Å². The van der Waals surface area contributed by atoms with Gasteiger partial charge in [0.1, 0.15) is 5.75 Å². The van der Waals surface area contributed by atoms with Crippen molar-refractivity contribution in [1.29, 1.82) is 0 Å². The Balaban J connectivity index is 2.36. The third kappa shape index (κ3) is 2.88. The summed E-state index contributed by atoms with van der Waals surface area (Å²) in [4.78, 5) is 2.49. The Morgan fingerprint density at radius 2 is 2.32 bits per heavy atom. The van der Waals surface area contributed by atoms with Crippen molar-refractivity contribution in [1.82, 2.24) is 4.90 Å². The first kappa shape index (κ1) is 14.6. The Kier molecular flexibility index (Phi) is 5.08. The molecule has 0 saturated carbocycles. The van der Waals surface area contributed by atoms with Crippen LogP contribution in [0.15, 0.2) is 18.2 Å². The first-order valence-corrected chi connectivity index (χ1v) is 7.38. The number of benzene rings is 1. The SMILES string of the molecule is CCC1CCCN1C(CN)c1c(Cl)cccc1OC. The minimum absolute atomic E-state index is 0.149. The van der Waals surface area contributed by atoms with Gasteiger partial charge in [-0.3, -0.25) is 4.90 Å². The van der Waals surface area contributed by atoms with Crippen LogP contribution in [0.1, 0.15) is 37.8 Å². The lowest BCUT2D eigenvalue weighted by molar-refractivity contribution is 0.177. The molecular formula is C15H23ClN2O. The van der Waals surface area contributed by atoms with Crippen molar-refractivity contribution < 1.29 is 4.74 Å². The smallest absolute Gasteiger partial charge is 0.125 e. The standard InChI is InChI=1S/C15H23ClN2O/c1-3-11-6-5-9-18(11)13(10-17)15-12(16)7-4-8-14(15)19-2/h4,7-8,11,13H,3,5-6,9-10,17H2,1-2H3. The molecule has 1 aromatic rings. The molecular weight excluding hydrogens is 260 g/mol. The Morgan fingerprint density at radius 1 is 1.53 bits per heavy atom. The summed E-state index contributed by atoms with van der Waals surface area (Å²) in [5.74, 6) is 0.838. The Labute approximate surface area is 120 Å². The molecule has 4 heteroatoms. The van der Waals surface area contributed by atoms with Crippen LogP contribution >= 0.6 is 11.6 Å². The van der Waals surface area contributed by atoms with Crippen molar-refractivity contribution in [3.05, 3.63) is 28.8 Å². The normalized spacial score (nSPS) is 21.6. The fraction of sp³-hybridized carbons (Fsp3) is 0.600. The molecule has 0 amide bonds. The molecule has 19 heavy (non-hydrogen) atoms. The van der Waals surface area contributed by atoms with Gasteiger partial charge in [-0.05, 0) is 37.9 Å². The molecule has 2 atom stereocenters. The highest BCUT2D eigenvalue weighted by atomic mass is 35.5. The van der Waals surface area contributed by atoms with Crippen LogP contribution in [0.5, 0.6) is 5.75 Å². The lowest BCUT2D eigenvalue weighted by atomic mass is 10.0. The van der Waals surface area contributed by atoms with Gasteiger partial charge < -0.3 is 10.5 Å². The Hall–Kier alpha value is -0.770. The van der Waals surface area contributed by atoms with Crippen LogP contribution < -0.4 is 10.5 Å². The number of likely N-dealkylation sites (tertiary alicyclic amines) is 1. The molecule has 1 aromatic carbocycles. The molecule has 1 heterocycles. The highest BCUT2D eigenvalue weighted by molar-refractivity contribution is 6.31. The lowest BCUT2D eigenvalue weighted by Gasteiger charge is -2.33. The van der Waals surface area contributed by atoms with Gasteiger partial charge in [0.15, 0.2) is 0 Å². The number of hydrogen-bond acceptors (Lipinski definition) is 3. The van der Waals surface area contributed by atoms with Gasteiger partial charge in [0.2, 0.25) is 0 Å². The number of nitrogens with zero attached hydrogens (tertiary/aromatic N) is 1. The fourth-order valence-corrected chi connectivity index (χ4v) is 3.44. The number of rotatable bonds is 5. The Morgan fingerprint density at radius 3 is 2.95 bits per heavy atom. The molecule has 0 radical (unpaired) electrons. The first-order chi connectivity index (χ1) is 9.22. The van der Waals surface area contributed by atoms with Crippen LogP contribution in [-0.2, 0) is 0 Å². The molecule has 2 unspecified atom stereocenters. The zero-order valence-corrected chi connectivity index (χ0v) is 12.5. The summed E-state index contributed by atoms with van der Waals surface area (Å²) in [6.45, 7) is 3.89. The van der Waals surface area contributed by atoms with Gasteiger partial charge in [0.05, 0.1) is 13.2 Å². The third-order valence-electron chi connectivity index (χ3n) is 4.08. The molecule has 0 aromatic heterocycles. The Bertz CT molecular complexity index is 425. The van der Waals surface area contributed by atoms with E-state index in [2.05, 4.69) is 11.8 Å². The summed E-state index contributed by atoms with van der Waals surface area (Å²) in [5.41, 5.74) is 7.07. The number of hydrogen-bond donors (Lipinski definition) is 1. The molecule has 3 nitrogen and oxygen atoms in total. The second kappa shape index (κ2) is 6.60. The van der Waals surface area contributed by atoms with Crippen LogP contribution in [-0.4, -0.2) is 31.1 Å². The van der Waals surface area contributed by atoms with Crippen LogP contribution in [0.2, 0.25) is 5.02 Å². The fourth-order valence-electron chi connectivity index (χ4n) is 3.14. The van der Waals surface area contributed by atoms with E-state index in [0.29, 0.717) is 12.6 Å². The third-order valence-corrected chi connectivity index (χ3v) is 4.41. The minimum Gasteiger partial charge on any atom is -0.496 e. The second-order valence-corrected chi connectivity index (χ2v) is 5.46. The largest absolute Gasteiger partial charge is 0.496 e. The predicted molar refractivity (Wildman–Crippen MR) is 79.8 cm³/mol. The van der Waals surface area contributed by atoms with E-state index in [1.165, 1.54) is 12.8 Å². The van der Waals surface area contributed by atoms with Gasteiger partial charge in [0, 0.05) is 23.2 Å². The average Bonchev–Trinajstić information content (AvgIpc) is 2.89. The molecule has 106 valence electrons. The summed E-state index contributed by atoms with van der Waals surface area (Å²) < 4.78 is 5.47. The maximum Gasteiger partial charge on any atom is 0.125 e. The van der Waals surface area contributed by atoms with Crippen LogP contribution in [0, 0.1) is 0 Å². The molecule has 0 bridgehead atoms. The highest BCUT2D eigenvalue weighted by Gasteiger charge is 2.32. The van der Waals surface area contributed by atoms with Crippen molar-refractivity contribution >= 4 is 11.6 Å². The number of methoxy groups -OCH3 is 1. The van der Waals surface area contributed by atoms with Crippen LogP contribution in [0.4, 0.5) is 0 Å². The van der Waals surface area contributed by atoms with Gasteiger partial charge in [-0.25, -0.2) is 0 Å². The molecule has 1 aliphatic heterocycles. The summed E-state index contributed by atoms with van der Waals surface area (Å²) in [5, 5.41) is 0.747. The second-order valence-electron chi connectivity index (χ2n) is 5.05. The van der Waals surface area contributed by atoms with E-state index < -0.39 is 0 Å². The molecule has 1 saturated heterocycles. The number of halogens is 1. The van der Waals surface area contributed by atoms with E-state index in [1.54, 1.807) is 7.11 Å². The first-order valence-electron chi connectivity index (χ1n) is 7.01. The van der Waals surface area contributed by atoms with Gasteiger partial charge in [-0.1, -0.05) is 24.6 Å². The van der Waals surface area contributed by atoms with Crippen LogP contribution in [0.25, 0.3) is 0 Å². The van der Waals surface area contributed by atoms with Crippen molar-refractivity contribution in [3.8, 4) is 5.75 Å². The average molecular weight is 283 g/mol. The summed E-state index contributed by atoms with van der Waals surface area (Å²) in [6, 6.07) is 6.55. The van der Waals surface area contributed by atoms with Crippen molar-refractivity contribution in [2.45, 2.75) is 38.3 Å². The van der Waals surface area contributed by atoms with E-state index in [4.69, 9.17) is 22.1 Å². The number of nitrogens with two attached hydrogens (primary N) is 1. The van der Waals surface area contributed by atoms with E-state index >= 15 is 0 Å². The van der Waals surface area contributed by atoms with Crippen molar-refractivity contribution in [2.75, 3.05) is 20.2 Å². The maximum atomic E-state index is 6.39. The van der Waals surface area contributed by atoms with Gasteiger partial charge in [-0.2, -0.15) is 0 Å². The number of ether oxygens (including phenoxy) is 1. The zero-order chi connectivity index (χ0) is 13.8. The quantitative estimate of drug-likeness (QED) is 0.901. The molecule has 1 aliphatic rings. The zero-order valence-electron chi connectivity index (χ0n) is 11.7. The van der Waals surface area contributed by atoms with Gasteiger partial charge in [-0.15, -0.1) is 0 Å². The lowest BCUT2D eigenvalue weighted by Crippen LogP contribution is -2.37. The van der Waals surface area contributed by atoms with E-state index in [1.807, 2.05) is 18.2 Å². The summed E-state index contributed by atoms with van der Waals surface area (Å²) in [7, 11) is 1.68. The van der Waals surface area contributed by atoms with E-state index in [-0.39, 0.29) is 6.04 Å². The van der Waals surface area contributed by atoms with E-state index in [9.17, 15) is 0 Å². The van der Waals surface area contributed by atoms with Crippen LogP contribution in [0.3, 0.4) is 0 Å². The monoisotopic (exact) mass is 282 g/mol.